The minimum atomic E-state index is 0. The fourth-order valence-corrected chi connectivity index (χ4v) is 1.51. The number of pyridine rings is 2. The van der Waals surface area contributed by atoms with Crippen LogP contribution in [0.15, 0.2) is 53.9 Å². The average molecular weight is 341 g/mol. The van der Waals surface area contributed by atoms with Gasteiger partial charge in [0.05, 0.1) is 5.69 Å². The molecule has 88 valence electrons. The first-order valence-electron chi connectivity index (χ1n) is 4.91. The van der Waals surface area contributed by atoms with Gasteiger partial charge in [-0.3, -0.25) is 4.98 Å². The Bertz CT molecular complexity index is 514. The van der Waals surface area contributed by atoms with Gasteiger partial charge in [-0.1, -0.05) is 11.2 Å². The van der Waals surface area contributed by atoms with Crippen LogP contribution in [-0.2, 0) is 7.05 Å². The Labute approximate surface area is 117 Å². The molecule has 0 fully saturated rings. The number of oxime groups is 1. The van der Waals surface area contributed by atoms with Crippen molar-refractivity contribution in [2.75, 3.05) is 0 Å². The van der Waals surface area contributed by atoms with Gasteiger partial charge in [-0.2, -0.15) is 4.57 Å². The van der Waals surface area contributed by atoms with Crippen molar-refractivity contribution in [3.8, 4) is 0 Å². The molecular weight excluding hydrogens is 329 g/mol. The largest absolute Gasteiger partial charge is 1.00 e. The molecule has 0 amide bonds. The summed E-state index contributed by atoms with van der Waals surface area (Å²) in [5, 5.41) is 12.4. The highest BCUT2D eigenvalue weighted by Gasteiger charge is 2.17. The van der Waals surface area contributed by atoms with Gasteiger partial charge in [0.25, 0.3) is 0 Å². The van der Waals surface area contributed by atoms with Crippen molar-refractivity contribution in [3.63, 3.8) is 0 Å². The number of rotatable bonds is 2. The van der Waals surface area contributed by atoms with Crippen molar-refractivity contribution in [1.29, 1.82) is 0 Å². The predicted molar refractivity (Wildman–Crippen MR) is 59.3 cm³/mol. The molecule has 0 bridgehead atoms. The number of hydrogen-bond acceptors (Lipinski definition) is 3. The molecular formula is C12H12IN3O. The van der Waals surface area contributed by atoms with Crippen molar-refractivity contribution in [2.45, 2.75) is 0 Å². The lowest BCUT2D eigenvalue weighted by Gasteiger charge is -2.01. The Morgan fingerprint density at radius 2 is 2.00 bits per heavy atom. The van der Waals surface area contributed by atoms with Crippen molar-refractivity contribution >= 4 is 5.71 Å². The summed E-state index contributed by atoms with van der Waals surface area (Å²) < 4.78 is 1.88. The SMILES string of the molecule is C[n+]1ccccc1C(=NO)c1ccccn1.[I-]. The van der Waals surface area contributed by atoms with Crippen LogP contribution >= 0.6 is 0 Å². The predicted octanol–water partition coefficient (Wildman–Crippen LogP) is -1.86. The van der Waals surface area contributed by atoms with E-state index in [9.17, 15) is 0 Å². The van der Waals surface area contributed by atoms with Gasteiger partial charge in [-0.15, -0.1) is 0 Å². The van der Waals surface area contributed by atoms with Gasteiger partial charge >= 0.3 is 0 Å². The first-order valence-corrected chi connectivity index (χ1v) is 4.91. The van der Waals surface area contributed by atoms with Crippen LogP contribution in [0.25, 0.3) is 0 Å². The van der Waals surface area contributed by atoms with Crippen LogP contribution in [-0.4, -0.2) is 15.9 Å². The van der Waals surface area contributed by atoms with Gasteiger partial charge < -0.3 is 29.2 Å². The van der Waals surface area contributed by atoms with Crippen LogP contribution in [0, 0.1) is 0 Å². The van der Waals surface area contributed by atoms with Crippen molar-refractivity contribution in [3.05, 3.63) is 60.2 Å². The lowest BCUT2D eigenvalue weighted by molar-refractivity contribution is -0.672. The molecule has 0 atom stereocenters. The molecule has 2 rings (SSSR count). The summed E-state index contributed by atoms with van der Waals surface area (Å²) in [5.41, 5.74) is 1.92. The molecule has 4 nitrogen and oxygen atoms in total. The zero-order valence-electron chi connectivity index (χ0n) is 9.29. The third-order valence-electron chi connectivity index (χ3n) is 2.30. The second kappa shape index (κ2) is 6.29. The van der Waals surface area contributed by atoms with E-state index in [0.29, 0.717) is 11.4 Å². The second-order valence-corrected chi connectivity index (χ2v) is 3.36. The Morgan fingerprint density at radius 3 is 2.59 bits per heavy atom. The van der Waals surface area contributed by atoms with E-state index in [1.807, 2.05) is 54.2 Å². The molecule has 2 heterocycles. The first kappa shape index (κ1) is 13.6. The first-order chi connectivity index (χ1) is 7.83. The van der Waals surface area contributed by atoms with E-state index in [2.05, 4.69) is 10.1 Å². The molecule has 2 aromatic rings. The molecule has 1 N–H and O–H groups in total. The normalized spacial score (nSPS) is 10.8. The van der Waals surface area contributed by atoms with Crippen LogP contribution in [0.3, 0.4) is 0 Å². The number of hydrogen-bond donors (Lipinski definition) is 1. The minimum absolute atomic E-state index is 0. The molecule has 0 aliphatic rings. The van der Waals surface area contributed by atoms with Gasteiger partial charge in [0.1, 0.15) is 7.05 Å². The maximum Gasteiger partial charge on any atom is 0.236 e. The summed E-state index contributed by atoms with van der Waals surface area (Å²) in [7, 11) is 1.89. The minimum Gasteiger partial charge on any atom is -1.00 e. The van der Waals surface area contributed by atoms with Gasteiger partial charge in [0.15, 0.2) is 11.9 Å². The number of nitrogens with zero attached hydrogens (tertiary/aromatic N) is 3. The molecule has 0 aliphatic heterocycles. The lowest BCUT2D eigenvalue weighted by Crippen LogP contribution is -3.00. The zero-order valence-corrected chi connectivity index (χ0v) is 11.4. The average Bonchev–Trinajstić information content (AvgIpc) is 2.34. The van der Waals surface area contributed by atoms with Crippen LogP contribution < -0.4 is 28.5 Å². The molecule has 5 heteroatoms. The standard InChI is InChI=1S/C12H11N3O.HI/c1-15-9-5-3-7-11(15)12(14-16)10-6-2-4-8-13-10;/h2-9H,1H3;1H. The molecule has 0 spiro atoms. The van der Waals surface area contributed by atoms with E-state index in [-0.39, 0.29) is 24.0 Å². The van der Waals surface area contributed by atoms with Crippen molar-refractivity contribution in [2.24, 2.45) is 12.2 Å². The smallest absolute Gasteiger partial charge is 0.236 e. The van der Waals surface area contributed by atoms with E-state index in [1.54, 1.807) is 6.20 Å². The number of aryl methyl sites for hydroxylation is 1. The highest BCUT2D eigenvalue weighted by molar-refractivity contribution is 6.09. The quantitative estimate of drug-likeness (QED) is 0.229. The van der Waals surface area contributed by atoms with Crippen LogP contribution in [0.1, 0.15) is 11.4 Å². The Morgan fingerprint density at radius 1 is 1.24 bits per heavy atom. The van der Waals surface area contributed by atoms with Crippen LogP contribution in [0.4, 0.5) is 0 Å². The Balaban J connectivity index is 0.00000144. The highest BCUT2D eigenvalue weighted by atomic mass is 127. The van der Waals surface area contributed by atoms with Crippen LogP contribution in [0.5, 0.6) is 0 Å². The second-order valence-electron chi connectivity index (χ2n) is 3.36. The van der Waals surface area contributed by atoms with Gasteiger partial charge in [0.2, 0.25) is 5.69 Å². The van der Waals surface area contributed by atoms with Gasteiger partial charge in [0, 0.05) is 18.3 Å². The summed E-state index contributed by atoms with van der Waals surface area (Å²) in [6, 6.07) is 11.2. The Kier molecular flexibility index (Phi) is 5.02. The number of halogens is 1. The summed E-state index contributed by atoms with van der Waals surface area (Å²) in [4.78, 5) is 4.16. The monoisotopic (exact) mass is 341 g/mol. The molecule has 0 saturated heterocycles. The lowest BCUT2D eigenvalue weighted by atomic mass is 10.1. The fraction of sp³-hybridized carbons (Fsp3) is 0.0833. The third-order valence-corrected chi connectivity index (χ3v) is 2.30. The van der Waals surface area contributed by atoms with Crippen LogP contribution in [0.2, 0.25) is 0 Å². The molecule has 0 saturated carbocycles. The van der Waals surface area contributed by atoms with Crippen molar-refractivity contribution < 1.29 is 33.8 Å². The fourth-order valence-electron chi connectivity index (χ4n) is 1.51. The molecule has 17 heavy (non-hydrogen) atoms. The Hall–Kier alpha value is -1.50. The summed E-state index contributed by atoms with van der Waals surface area (Å²) >= 11 is 0. The zero-order chi connectivity index (χ0) is 11.4. The molecule has 0 unspecified atom stereocenters. The van der Waals surface area contributed by atoms with E-state index >= 15 is 0 Å². The van der Waals surface area contributed by atoms with E-state index in [4.69, 9.17) is 5.21 Å². The highest BCUT2D eigenvalue weighted by Crippen LogP contribution is 2.03. The van der Waals surface area contributed by atoms with E-state index in [0.717, 1.165) is 5.69 Å². The summed E-state index contributed by atoms with van der Waals surface area (Å²) in [5.74, 6) is 0. The molecule has 0 aromatic carbocycles. The molecule has 2 aromatic heterocycles. The van der Waals surface area contributed by atoms with Gasteiger partial charge in [-0.05, 0) is 18.2 Å². The maximum absolute atomic E-state index is 9.09. The third kappa shape index (κ3) is 3.00. The topological polar surface area (TPSA) is 49.4 Å². The number of aromatic nitrogens is 2. The van der Waals surface area contributed by atoms with E-state index in [1.165, 1.54) is 0 Å². The van der Waals surface area contributed by atoms with E-state index < -0.39 is 0 Å². The summed E-state index contributed by atoms with van der Waals surface area (Å²) in [6.45, 7) is 0. The summed E-state index contributed by atoms with van der Waals surface area (Å²) in [6.07, 6.45) is 3.56. The van der Waals surface area contributed by atoms with Crippen molar-refractivity contribution in [1.82, 2.24) is 4.98 Å². The van der Waals surface area contributed by atoms with Gasteiger partial charge in [-0.25, -0.2) is 0 Å². The molecule has 0 radical (unpaired) electrons. The molecule has 0 aliphatic carbocycles. The maximum atomic E-state index is 9.09.